The second-order valence-corrected chi connectivity index (χ2v) is 9.51. The Morgan fingerprint density at radius 3 is 2.33 bits per heavy atom. The molecule has 3 atom stereocenters. The van der Waals surface area contributed by atoms with Crippen molar-refractivity contribution in [3.63, 3.8) is 0 Å². The van der Waals surface area contributed by atoms with Crippen LogP contribution in [0.15, 0.2) is 54.7 Å². The van der Waals surface area contributed by atoms with E-state index in [-0.39, 0.29) is 49.6 Å². The highest BCUT2D eigenvalue weighted by molar-refractivity contribution is 7.80. The summed E-state index contributed by atoms with van der Waals surface area (Å²) in [6.45, 7) is 0.0572. The van der Waals surface area contributed by atoms with Gasteiger partial charge in [0, 0.05) is 41.9 Å². The second-order valence-electron chi connectivity index (χ2n) is 9.15. The summed E-state index contributed by atoms with van der Waals surface area (Å²) in [5.41, 5.74) is 2.39. The first-order valence-corrected chi connectivity index (χ1v) is 13.0. The minimum atomic E-state index is -1.23. The standard InChI is InChI=1S/C27H32N4O7S/c32-19-8-5-16(6-9-19)11-22(26(36)31-23(15-39)27(37)38)29-14-18(7-10-25(34)35)30-24(33)12-17-13-28-21-4-2-1-3-20(17)21/h1-6,8-9,13,18,22-23,28-29,32,39H,7,10-12,14-15H2,(H,30,33)(H,31,36)(H,34,35)(H,37,38)/t18-,22-,23-/m0/s1. The number of carbonyl (C=O) groups is 4. The number of benzene rings is 2. The summed E-state index contributed by atoms with van der Waals surface area (Å²) in [6, 6.07) is 11.0. The molecular weight excluding hydrogens is 524 g/mol. The Bertz CT molecular complexity index is 1290. The lowest BCUT2D eigenvalue weighted by Crippen LogP contribution is -2.54. The molecule has 0 aliphatic carbocycles. The van der Waals surface area contributed by atoms with E-state index in [4.69, 9.17) is 0 Å². The van der Waals surface area contributed by atoms with Gasteiger partial charge in [0.15, 0.2) is 0 Å². The van der Waals surface area contributed by atoms with E-state index < -0.39 is 36.0 Å². The molecule has 11 nitrogen and oxygen atoms in total. The van der Waals surface area contributed by atoms with E-state index in [1.165, 1.54) is 12.1 Å². The molecule has 0 radical (unpaired) electrons. The van der Waals surface area contributed by atoms with Crippen molar-refractivity contribution in [3.8, 4) is 5.75 Å². The highest BCUT2D eigenvalue weighted by Gasteiger charge is 2.26. The average molecular weight is 557 g/mol. The predicted octanol–water partition coefficient (Wildman–Crippen LogP) is 1.47. The summed E-state index contributed by atoms with van der Waals surface area (Å²) >= 11 is 3.99. The zero-order valence-electron chi connectivity index (χ0n) is 21.1. The highest BCUT2D eigenvalue weighted by Crippen LogP contribution is 2.18. The molecule has 1 aromatic heterocycles. The molecule has 0 unspecified atom stereocenters. The number of phenolic OH excluding ortho intramolecular Hbond substituents is 1. The van der Waals surface area contributed by atoms with Crippen LogP contribution in [0.1, 0.15) is 24.0 Å². The summed E-state index contributed by atoms with van der Waals surface area (Å²) in [6.07, 6.45) is 1.90. The lowest BCUT2D eigenvalue weighted by atomic mass is 10.0. The van der Waals surface area contributed by atoms with E-state index in [1.54, 1.807) is 18.3 Å². The second kappa shape index (κ2) is 14.2. The maximum absolute atomic E-state index is 13.0. The maximum Gasteiger partial charge on any atom is 0.327 e. The van der Waals surface area contributed by atoms with Crippen LogP contribution in [0.25, 0.3) is 10.9 Å². The molecule has 12 heteroatoms. The number of hydrogen-bond acceptors (Lipinski definition) is 7. The number of H-pyrrole nitrogens is 1. The van der Waals surface area contributed by atoms with Gasteiger partial charge in [-0.2, -0.15) is 12.6 Å². The Hall–Kier alpha value is -4.03. The third-order valence-corrected chi connectivity index (χ3v) is 6.56. The van der Waals surface area contributed by atoms with E-state index in [1.807, 2.05) is 24.3 Å². The number of aromatic hydroxyl groups is 1. The van der Waals surface area contributed by atoms with Crippen LogP contribution in [0, 0.1) is 0 Å². The monoisotopic (exact) mass is 556 g/mol. The van der Waals surface area contributed by atoms with Crippen molar-refractivity contribution < 1.29 is 34.5 Å². The number of fused-ring (bicyclic) bond motifs is 1. The zero-order valence-corrected chi connectivity index (χ0v) is 22.0. The molecule has 1 heterocycles. The fourth-order valence-electron chi connectivity index (χ4n) is 4.12. The van der Waals surface area contributed by atoms with Crippen molar-refractivity contribution >= 4 is 47.3 Å². The van der Waals surface area contributed by atoms with Gasteiger partial charge in [-0.25, -0.2) is 4.79 Å². The third-order valence-electron chi connectivity index (χ3n) is 6.20. The van der Waals surface area contributed by atoms with E-state index in [9.17, 15) is 34.5 Å². The third kappa shape index (κ3) is 9.04. The van der Waals surface area contributed by atoms with Crippen molar-refractivity contribution in [2.45, 2.75) is 43.8 Å². The minimum absolute atomic E-state index is 0.0559. The van der Waals surface area contributed by atoms with Gasteiger partial charge in [-0.15, -0.1) is 0 Å². The van der Waals surface area contributed by atoms with Gasteiger partial charge < -0.3 is 36.3 Å². The molecule has 0 bridgehead atoms. The van der Waals surface area contributed by atoms with Crippen molar-refractivity contribution in [1.82, 2.24) is 20.9 Å². The van der Waals surface area contributed by atoms with Crippen LogP contribution in [-0.4, -0.2) is 74.5 Å². The lowest BCUT2D eigenvalue weighted by Gasteiger charge is -2.25. The first kappa shape index (κ1) is 29.5. The number of carbonyl (C=O) groups excluding carboxylic acids is 2. The summed E-state index contributed by atoms with van der Waals surface area (Å²) in [7, 11) is 0. The number of hydrogen-bond donors (Lipinski definition) is 8. The minimum Gasteiger partial charge on any atom is -0.508 e. The summed E-state index contributed by atoms with van der Waals surface area (Å²) < 4.78 is 0. The number of thiol groups is 1. The molecule has 0 aliphatic rings. The Morgan fingerprint density at radius 1 is 0.949 bits per heavy atom. The highest BCUT2D eigenvalue weighted by atomic mass is 32.1. The summed E-state index contributed by atoms with van der Waals surface area (Å²) in [5.74, 6) is -3.21. The van der Waals surface area contributed by atoms with Crippen LogP contribution >= 0.6 is 12.6 Å². The Kier molecular flexibility index (Phi) is 10.8. The molecule has 39 heavy (non-hydrogen) atoms. The number of carboxylic acids is 2. The summed E-state index contributed by atoms with van der Waals surface area (Å²) in [4.78, 5) is 51.7. The number of para-hydroxylation sites is 1. The fourth-order valence-corrected chi connectivity index (χ4v) is 4.37. The molecule has 0 saturated heterocycles. The van der Waals surface area contributed by atoms with Crippen LogP contribution in [0.5, 0.6) is 5.75 Å². The largest absolute Gasteiger partial charge is 0.508 e. The number of nitrogens with one attached hydrogen (secondary N) is 4. The topological polar surface area (TPSA) is 181 Å². The van der Waals surface area contributed by atoms with Crippen LogP contribution in [0.4, 0.5) is 0 Å². The molecule has 2 amide bonds. The first-order chi connectivity index (χ1) is 18.7. The van der Waals surface area contributed by atoms with Crippen LogP contribution in [-0.2, 0) is 32.0 Å². The van der Waals surface area contributed by atoms with E-state index in [0.29, 0.717) is 5.56 Å². The Balaban J connectivity index is 1.71. The average Bonchev–Trinajstić information content (AvgIpc) is 3.31. The smallest absolute Gasteiger partial charge is 0.327 e. The molecule has 208 valence electrons. The fraction of sp³-hybridized carbons (Fsp3) is 0.333. The van der Waals surface area contributed by atoms with E-state index >= 15 is 0 Å². The van der Waals surface area contributed by atoms with Crippen molar-refractivity contribution in [3.05, 3.63) is 65.9 Å². The molecule has 3 rings (SSSR count). The molecule has 0 saturated carbocycles. The van der Waals surface area contributed by atoms with Crippen LogP contribution < -0.4 is 16.0 Å². The van der Waals surface area contributed by atoms with Gasteiger partial charge in [0.1, 0.15) is 11.8 Å². The van der Waals surface area contributed by atoms with E-state index in [2.05, 4.69) is 33.6 Å². The normalized spacial score (nSPS) is 13.4. The molecule has 0 fully saturated rings. The Labute approximate surface area is 230 Å². The molecule has 7 N–H and O–H groups in total. The van der Waals surface area contributed by atoms with Crippen LogP contribution in [0.2, 0.25) is 0 Å². The van der Waals surface area contributed by atoms with Crippen LogP contribution in [0.3, 0.4) is 0 Å². The number of amides is 2. The summed E-state index contributed by atoms with van der Waals surface area (Å²) in [5, 5.41) is 37.4. The first-order valence-electron chi connectivity index (χ1n) is 12.4. The molecule has 3 aromatic rings. The van der Waals surface area contributed by atoms with Crippen molar-refractivity contribution in [1.29, 1.82) is 0 Å². The number of carboxylic acid groups (broad SMARTS) is 2. The maximum atomic E-state index is 13.0. The molecule has 0 aliphatic heterocycles. The van der Waals surface area contributed by atoms with Gasteiger partial charge >= 0.3 is 11.9 Å². The lowest BCUT2D eigenvalue weighted by molar-refractivity contribution is -0.141. The van der Waals surface area contributed by atoms with Gasteiger partial charge in [0.25, 0.3) is 0 Å². The van der Waals surface area contributed by atoms with Gasteiger partial charge in [-0.05, 0) is 42.2 Å². The molecule has 0 spiro atoms. The quantitative estimate of drug-likeness (QED) is 0.130. The van der Waals surface area contributed by atoms with Gasteiger partial charge in [0.2, 0.25) is 11.8 Å². The van der Waals surface area contributed by atoms with Gasteiger partial charge in [-0.3, -0.25) is 14.4 Å². The number of rotatable bonds is 15. The van der Waals surface area contributed by atoms with Gasteiger partial charge in [-0.1, -0.05) is 30.3 Å². The Morgan fingerprint density at radius 2 is 1.67 bits per heavy atom. The molecular formula is C27H32N4O7S. The molecule has 2 aromatic carbocycles. The number of phenols is 1. The van der Waals surface area contributed by atoms with Crippen molar-refractivity contribution in [2.24, 2.45) is 0 Å². The van der Waals surface area contributed by atoms with Crippen molar-refractivity contribution in [2.75, 3.05) is 12.3 Å². The van der Waals surface area contributed by atoms with E-state index in [0.717, 1.165) is 16.5 Å². The predicted molar refractivity (Wildman–Crippen MR) is 148 cm³/mol. The number of aromatic nitrogens is 1. The zero-order chi connectivity index (χ0) is 28.4. The van der Waals surface area contributed by atoms with Gasteiger partial charge in [0.05, 0.1) is 12.5 Å². The number of aliphatic carboxylic acids is 2. The SMILES string of the molecule is O=C(O)CC[C@@H](CN[C@@H](Cc1ccc(O)cc1)C(=O)N[C@@H](CS)C(=O)O)NC(=O)Cc1c[nH]c2ccccc12. The number of aromatic amines is 1.